The molecule has 0 unspecified atom stereocenters. The molecule has 114 valence electrons. The van der Waals surface area contributed by atoms with Gasteiger partial charge in [0, 0.05) is 26.1 Å². The second kappa shape index (κ2) is 6.05. The fourth-order valence-corrected chi connectivity index (χ4v) is 2.48. The number of amides is 2. The Morgan fingerprint density at radius 2 is 1.95 bits per heavy atom. The standard InChI is InChI=1S/C17H20N4O/c1-21(2)16-9-8-13(11-18-16)19-17(22)20-15-10-14(15)12-6-4-3-5-7-12/h3-9,11,14-15H,10H2,1-2H3,(H2,19,20,22)/t14-,15+/m0/s1. The predicted octanol–water partition coefficient (Wildman–Crippen LogP) is 2.83. The lowest BCUT2D eigenvalue weighted by molar-refractivity contribution is 0.251. The molecule has 0 radical (unpaired) electrons. The highest BCUT2D eigenvalue weighted by Crippen LogP contribution is 2.40. The van der Waals surface area contributed by atoms with E-state index in [1.165, 1.54) is 5.56 Å². The van der Waals surface area contributed by atoms with E-state index in [4.69, 9.17) is 0 Å². The third-order valence-corrected chi connectivity index (χ3v) is 3.80. The summed E-state index contributed by atoms with van der Waals surface area (Å²) in [5.74, 6) is 1.29. The molecule has 2 aromatic rings. The first-order valence-electron chi connectivity index (χ1n) is 7.39. The monoisotopic (exact) mass is 296 g/mol. The number of carbonyl (C=O) groups is 1. The molecule has 1 aromatic heterocycles. The molecule has 2 amide bonds. The van der Waals surface area contributed by atoms with Gasteiger partial charge in [-0.25, -0.2) is 9.78 Å². The molecule has 22 heavy (non-hydrogen) atoms. The molecule has 2 atom stereocenters. The molecule has 3 rings (SSSR count). The minimum Gasteiger partial charge on any atom is -0.363 e. The smallest absolute Gasteiger partial charge is 0.319 e. The highest BCUT2D eigenvalue weighted by Gasteiger charge is 2.39. The van der Waals surface area contributed by atoms with Crippen molar-refractivity contribution in [3.8, 4) is 0 Å². The van der Waals surface area contributed by atoms with E-state index >= 15 is 0 Å². The number of aromatic nitrogens is 1. The predicted molar refractivity (Wildman–Crippen MR) is 88.3 cm³/mol. The van der Waals surface area contributed by atoms with Crippen LogP contribution in [0.3, 0.4) is 0 Å². The van der Waals surface area contributed by atoms with Crippen LogP contribution in [-0.4, -0.2) is 31.2 Å². The first kappa shape index (κ1) is 14.4. The van der Waals surface area contributed by atoms with Gasteiger partial charge in [0.2, 0.25) is 0 Å². The van der Waals surface area contributed by atoms with Crippen molar-refractivity contribution in [1.82, 2.24) is 10.3 Å². The van der Waals surface area contributed by atoms with Gasteiger partial charge in [0.05, 0.1) is 11.9 Å². The van der Waals surface area contributed by atoms with E-state index in [2.05, 4.69) is 27.8 Å². The Labute approximate surface area is 130 Å². The zero-order valence-corrected chi connectivity index (χ0v) is 12.8. The summed E-state index contributed by atoms with van der Waals surface area (Å²) in [6.07, 6.45) is 2.66. The molecule has 5 nitrogen and oxygen atoms in total. The number of nitrogens with one attached hydrogen (secondary N) is 2. The van der Waals surface area contributed by atoms with E-state index < -0.39 is 0 Å². The maximum absolute atomic E-state index is 12.0. The van der Waals surface area contributed by atoms with Crippen LogP contribution in [0.1, 0.15) is 17.9 Å². The van der Waals surface area contributed by atoms with E-state index in [0.29, 0.717) is 11.6 Å². The van der Waals surface area contributed by atoms with Gasteiger partial charge in [0.25, 0.3) is 0 Å². The van der Waals surface area contributed by atoms with Crippen LogP contribution in [0.15, 0.2) is 48.7 Å². The third kappa shape index (κ3) is 3.36. The van der Waals surface area contributed by atoms with Crippen molar-refractivity contribution < 1.29 is 4.79 Å². The number of pyridine rings is 1. The van der Waals surface area contributed by atoms with Crippen molar-refractivity contribution in [3.05, 3.63) is 54.2 Å². The maximum Gasteiger partial charge on any atom is 0.319 e. The van der Waals surface area contributed by atoms with Crippen LogP contribution in [0.2, 0.25) is 0 Å². The van der Waals surface area contributed by atoms with Crippen molar-refractivity contribution >= 4 is 17.5 Å². The minimum absolute atomic E-state index is 0.178. The fraction of sp³-hybridized carbons (Fsp3) is 0.294. The van der Waals surface area contributed by atoms with Gasteiger partial charge >= 0.3 is 6.03 Å². The van der Waals surface area contributed by atoms with Crippen molar-refractivity contribution in [3.63, 3.8) is 0 Å². The van der Waals surface area contributed by atoms with Gasteiger partial charge in [-0.1, -0.05) is 30.3 Å². The summed E-state index contributed by atoms with van der Waals surface area (Å²) in [5, 5.41) is 5.82. The number of rotatable bonds is 4. The van der Waals surface area contributed by atoms with E-state index in [1.54, 1.807) is 6.20 Å². The lowest BCUT2D eigenvalue weighted by Gasteiger charge is -2.12. The number of hydrogen-bond donors (Lipinski definition) is 2. The van der Waals surface area contributed by atoms with Gasteiger partial charge in [-0.15, -0.1) is 0 Å². The van der Waals surface area contributed by atoms with Crippen LogP contribution in [0, 0.1) is 0 Å². The lowest BCUT2D eigenvalue weighted by atomic mass is 10.1. The Bertz CT molecular complexity index is 639. The largest absolute Gasteiger partial charge is 0.363 e. The molecule has 1 saturated carbocycles. The fourth-order valence-electron chi connectivity index (χ4n) is 2.48. The Morgan fingerprint density at radius 1 is 1.18 bits per heavy atom. The molecule has 0 bridgehead atoms. The number of carbonyl (C=O) groups excluding carboxylic acids is 1. The number of benzene rings is 1. The highest BCUT2D eigenvalue weighted by molar-refractivity contribution is 5.89. The Balaban J connectivity index is 1.51. The zero-order chi connectivity index (χ0) is 15.5. The summed E-state index contributed by atoms with van der Waals surface area (Å²) in [6.45, 7) is 0. The zero-order valence-electron chi connectivity index (χ0n) is 12.8. The molecule has 0 aliphatic heterocycles. The number of urea groups is 1. The lowest BCUT2D eigenvalue weighted by Crippen LogP contribution is -2.31. The summed E-state index contributed by atoms with van der Waals surface area (Å²) in [5.41, 5.74) is 1.98. The van der Waals surface area contributed by atoms with E-state index in [0.717, 1.165) is 12.2 Å². The van der Waals surface area contributed by atoms with Crippen LogP contribution in [-0.2, 0) is 0 Å². The molecular weight excluding hydrogens is 276 g/mol. The van der Waals surface area contributed by atoms with E-state index in [1.807, 2.05) is 49.3 Å². The Hall–Kier alpha value is -2.56. The number of hydrogen-bond acceptors (Lipinski definition) is 3. The number of anilines is 2. The summed E-state index contributed by atoms with van der Waals surface area (Å²) in [6, 6.07) is 14.0. The summed E-state index contributed by atoms with van der Waals surface area (Å²) in [4.78, 5) is 18.2. The minimum atomic E-state index is -0.178. The maximum atomic E-state index is 12.0. The topological polar surface area (TPSA) is 57.3 Å². The second-order valence-electron chi connectivity index (χ2n) is 5.76. The molecular formula is C17H20N4O. The summed E-state index contributed by atoms with van der Waals surface area (Å²) in [7, 11) is 3.86. The van der Waals surface area contributed by atoms with Crippen LogP contribution < -0.4 is 15.5 Å². The molecule has 1 heterocycles. The second-order valence-corrected chi connectivity index (χ2v) is 5.76. The third-order valence-electron chi connectivity index (χ3n) is 3.80. The molecule has 0 saturated heterocycles. The van der Waals surface area contributed by atoms with Gasteiger partial charge in [-0.2, -0.15) is 0 Å². The van der Waals surface area contributed by atoms with Crippen molar-refractivity contribution in [2.24, 2.45) is 0 Å². The van der Waals surface area contributed by atoms with Crippen molar-refractivity contribution in [1.29, 1.82) is 0 Å². The molecule has 5 heteroatoms. The molecule has 1 aliphatic rings. The summed E-state index contributed by atoms with van der Waals surface area (Å²) < 4.78 is 0. The normalized spacial score (nSPS) is 19.4. The quantitative estimate of drug-likeness (QED) is 0.912. The molecule has 1 aromatic carbocycles. The van der Waals surface area contributed by atoms with Gasteiger partial charge in [-0.3, -0.25) is 0 Å². The van der Waals surface area contributed by atoms with Gasteiger partial charge in [0.15, 0.2) is 0 Å². The Kier molecular flexibility index (Phi) is 3.96. The van der Waals surface area contributed by atoms with Crippen molar-refractivity contribution in [2.45, 2.75) is 18.4 Å². The first-order valence-corrected chi connectivity index (χ1v) is 7.39. The molecule has 2 N–H and O–H groups in total. The molecule has 1 aliphatic carbocycles. The molecule has 0 spiro atoms. The van der Waals surface area contributed by atoms with Crippen LogP contribution in [0.5, 0.6) is 0 Å². The van der Waals surface area contributed by atoms with Crippen molar-refractivity contribution in [2.75, 3.05) is 24.3 Å². The van der Waals surface area contributed by atoms with Crippen LogP contribution >= 0.6 is 0 Å². The van der Waals surface area contributed by atoms with Gasteiger partial charge in [0.1, 0.15) is 5.82 Å². The van der Waals surface area contributed by atoms with Gasteiger partial charge in [-0.05, 0) is 24.1 Å². The first-order chi connectivity index (χ1) is 10.6. The molecule has 1 fully saturated rings. The average Bonchev–Trinajstić information content (AvgIpc) is 3.27. The van der Waals surface area contributed by atoms with Crippen LogP contribution in [0.25, 0.3) is 0 Å². The average molecular weight is 296 g/mol. The highest BCUT2D eigenvalue weighted by atomic mass is 16.2. The van der Waals surface area contributed by atoms with Crippen LogP contribution in [0.4, 0.5) is 16.3 Å². The van der Waals surface area contributed by atoms with Gasteiger partial charge < -0.3 is 15.5 Å². The van der Waals surface area contributed by atoms with E-state index in [9.17, 15) is 4.79 Å². The van der Waals surface area contributed by atoms with E-state index in [-0.39, 0.29) is 12.1 Å². The Morgan fingerprint density at radius 3 is 2.59 bits per heavy atom. The summed E-state index contributed by atoms with van der Waals surface area (Å²) >= 11 is 0. The number of nitrogens with zero attached hydrogens (tertiary/aromatic N) is 2. The SMILES string of the molecule is CN(C)c1ccc(NC(=O)N[C@@H]2C[C@H]2c2ccccc2)cn1.